The van der Waals surface area contributed by atoms with Gasteiger partial charge >= 0.3 is 6.03 Å². The van der Waals surface area contributed by atoms with Crippen LogP contribution in [0.4, 0.5) is 10.5 Å². The highest BCUT2D eigenvalue weighted by atomic mass is 35.5. The summed E-state index contributed by atoms with van der Waals surface area (Å²) in [6, 6.07) is 11.0. The number of amidine groups is 1. The number of benzene rings is 2. The lowest BCUT2D eigenvalue weighted by molar-refractivity contribution is 0.102. The van der Waals surface area contributed by atoms with Crippen LogP contribution < -0.4 is 19.7 Å². The molecule has 3 heterocycles. The van der Waals surface area contributed by atoms with E-state index < -0.39 is 5.54 Å². The summed E-state index contributed by atoms with van der Waals surface area (Å²) < 4.78 is 11.0. The van der Waals surface area contributed by atoms with E-state index in [2.05, 4.69) is 22.3 Å². The number of carbonyl (C=O) groups is 1. The van der Waals surface area contributed by atoms with Gasteiger partial charge in [-0.15, -0.1) is 0 Å². The fraction of sp³-hybridized carbons (Fsp3) is 0.391. The lowest BCUT2D eigenvalue weighted by Gasteiger charge is -2.47. The van der Waals surface area contributed by atoms with E-state index in [0.717, 1.165) is 25.3 Å². The number of piperidine rings is 1. The third-order valence-electron chi connectivity index (χ3n) is 6.77. The van der Waals surface area contributed by atoms with Crippen molar-refractivity contribution in [1.29, 1.82) is 5.41 Å². The molecule has 7 nitrogen and oxygen atoms in total. The highest BCUT2D eigenvalue weighted by molar-refractivity contribution is 6.31. The Morgan fingerprint density at radius 1 is 1.16 bits per heavy atom. The molecule has 0 aliphatic carbocycles. The van der Waals surface area contributed by atoms with Gasteiger partial charge in [-0.2, -0.15) is 0 Å². The number of methoxy groups -OCH3 is 2. The van der Waals surface area contributed by atoms with Crippen LogP contribution >= 0.6 is 11.6 Å². The molecule has 2 aromatic rings. The molecule has 5 rings (SSSR count). The van der Waals surface area contributed by atoms with E-state index in [1.165, 1.54) is 16.0 Å². The second-order valence-corrected chi connectivity index (χ2v) is 8.77. The first-order valence-corrected chi connectivity index (χ1v) is 10.8. The predicted molar refractivity (Wildman–Crippen MR) is 120 cm³/mol. The average Bonchev–Trinajstić information content (AvgIpc) is 3.01. The van der Waals surface area contributed by atoms with Crippen LogP contribution in [-0.2, 0) is 6.42 Å². The van der Waals surface area contributed by atoms with Gasteiger partial charge in [0.1, 0.15) is 11.4 Å². The fourth-order valence-corrected chi connectivity index (χ4v) is 5.36. The topological polar surface area (TPSA) is 77.9 Å². The second-order valence-electron chi connectivity index (χ2n) is 8.34. The van der Waals surface area contributed by atoms with Crippen molar-refractivity contribution in [2.45, 2.75) is 30.8 Å². The molecule has 2 N–H and O–H groups in total. The van der Waals surface area contributed by atoms with Crippen LogP contribution in [0.2, 0.25) is 5.02 Å². The number of fused-ring (bicyclic) bond motifs is 3. The summed E-state index contributed by atoms with van der Waals surface area (Å²) in [6.07, 6.45) is 2.28. The number of halogens is 1. The summed E-state index contributed by atoms with van der Waals surface area (Å²) in [7, 11) is 3.29. The molecule has 0 radical (unpaired) electrons. The number of ether oxygens (including phenoxy) is 2. The van der Waals surface area contributed by atoms with Gasteiger partial charge in [-0.25, -0.2) is 9.69 Å². The minimum Gasteiger partial charge on any atom is -0.493 e. The molecule has 3 aliphatic rings. The standard InChI is InChI=1S/C23H25ClN4O3/c1-30-19-10-14-6-8-27-9-7-23(13-18(27)17(14)12-20(19)31-2)21(25)28(22(29)26-23)16-5-3-4-15(24)11-16/h3-5,10-12,18,25H,6-9,13H2,1-2H3,(H,26,29)/t18-,23+/m0/s1. The molecular weight excluding hydrogens is 416 g/mol. The van der Waals surface area contributed by atoms with E-state index in [1.54, 1.807) is 38.5 Å². The van der Waals surface area contributed by atoms with Crippen LogP contribution in [-0.4, -0.2) is 49.6 Å². The number of amides is 2. The summed E-state index contributed by atoms with van der Waals surface area (Å²) >= 11 is 6.14. The van der Waals surface area contributed by atoms with Crippen LogP contribution in [0.5, 0.6) is 11.5 Å². The van der Waals surface area contributed by atoms with E-state index in [-0.39, 0.29) is 17.9 Å². The van der Waals surface area contributed by atoms with Crippen molar-refractivity contribution < 1.29 is 14.3 Å². The first-order chi connectivity index (χ1) is 15.0. The minimum atomic E-state index is -0.706. The predicted octanol–water partition coefficient (Wildman–Crippen LogP) is 4.00. The summed E-state index contributed by atoms with van der Waals surface area (Å²) in [5.74, 6) is 1.72. The molecule has 0 saturated carbocycles. The lowest BCUT2D eigenvalue weighted by Crippen LogP contribution is -2.56. The smallest absolute Gasteiger partial charge is 0.328 e. The van der Waals surface area contributed by atoms with Gasteiger partial charge in [-0.1, -0.05) is 17.7 Å². The molecule has 8 heteroatoms. The largest absolute Gasteiger partial charge is 0.493 e. The summed E-state index contributed by atoms with van der Waals surface area (Å²) in [6.45, 7) is 1.76. The van der Waals surface area contributed by atoms with Gasteiger partial charge in [0.25, 0.3) is 0 Å². The normalized spacial score (nSPS) is 25.3. The average molecular weight is 441 g/mol. The third kappa shape index (κ3) is 3.15. The Labute approximate surface area is 186 Å². The number of hydrogen-bond acceptors (Lipinski definition) is 5. The maximum Gasteiger partial charge on any atom is 0.328 e. The second kappa shape index (κ2) is 7.43. The van der Waals surface area contributed by atoms with Gasteiger partial charge in [0, 0.05) is 24.2 Å². The van der Waals surface area contributed by atoms with Crippen molar-refractivity contribution in [3.05, 3.63) is 52.5 Å². The first-order valence-electron chi connectivity index (χ1n) is 10.4. The van der Waals surface area contributed by atoms with Gasteiger partial charge < -0.3 is 14.8 Å². The number of nitrogens with zero attached hydrogens (tertiary/aromatic N) is 2. The molecule has 31 heavy (non-hydrogen) atoms. The van der Waals surface area contributed by atoms with E-state index in [4.69, 9.17) is 26.5 Å². The van der Waals surface area contributed by atoms with Crippen molar-refractivity contribution in [2.75, 3.05) is 32.2 Å². The Morgan fingerprint density at radius 2 is 1.94 bits per heavy atom. The van der Waals surface area contributed by atoms with Crippen LogP contribution in [0.1, 0.15) is 30.0 Å². The van der Waals surface area contributed by atoms with Crippen molar-refractivity contribution in [2.24, 2.45) is 0 Å². The fourth-order valence-electron chi connectivity index (χ4n) is 5.18. The highest BCUT2D eigenvalue weighted by Crippen LogP contribution is 2.46. The van der Waals surface area contributed by atoms with Crippen molar-refractivity contribution in [3.8, 4) is 11.5 Å². The van der Waals surface area contributed by atoms with E-state index in [9.17, 15) is 4.79 Å². The van der Waals surface area contributed by atoms with Crippen LogP contribution in [0, 0.1) is 5.41 Å². The summed E-state index contributed by atoms with van der Waals surface area (Å²) in [4.78, 5) is 16.8. The Kier molecular flexibility index (Phi) is 4.83. The van der Waals surface area contributed by atoms with Gasteiger partial charge in [-0.05, 0) is 60.7 Å². The van der Waals surface area contributed by atoms with Crippen LogP contribution in [0.25, 0.3) is 0 Å². The van der Waals surface area contributed by atoms with Crippen molar-refractivity contribution in [3.63, 3.8) is 0 Å². The van der Waals surface area contributed by atoms with Gasteiger partial charge in [-0.3, -0.25) is 10.3 Å². The molecule has 2 amide bonds. The lowest BCUT2D eigenvalue weighted by atomic mass is 9.77. The number of hydrogen-bond donors (Lipinski definition) is 2. The quantitative estimate of drug-likeness (QED) is 0.756. The zero-order valence-corrected chi connectivity index (χ0v) is 18.3. The first kappa shape index (κ1) is 20.2. The number of anilines is 1. The number of rotatable bonds is 3. The Bertz CT molecular complexity index is 1070. The van der Waals surface area contributed by atoms with E-state index in [1.807, 2.05) is 0 Å². The number of nitrogens with one attached hydrogen (secondary N) is 2. The van der Waals surface area contributed by atoms with Crippen LogP contribution in [0.15, 0.2) is 36.4 Å². The van der Waals surface area contributed by atoms with E-state index in [0.29, 0.717) is 29.3 Å². The van der Waals surface area contributed by atoms with Gasteiger partial charge in [0.05, 0.1) is 19.9 Å². The molecule has 2 fully saturated rings. The van der Waals surface area contributed by atoms with Crippen LogP contribution in [0.3, 0.4) is 0 Å². The van der Waals surface area contributed by atoms with Gasteiger partial charge in [0.2, 0.25) is 0 Å². The summed E-state index contributed by atoms with van der Waals surface area (Å²) in [5, 5.41) is 12.6. The monoisotopic (exact) mass is 440 g/mol. The Hall–Kier alpha value is -2.77. The zero-order chi connectivity index (χ0) is 21.8. The summed E-state index contributed by atoms with van der Waals surface area (Å²) in [5.41, 5.74) is 2.33. The minimum absolute atomic E-state index is 0.0947. The molecule has 0 unspecified atom stereocenters. The molecule has 162 valence electrons. The molecule has 2 saturated heterocycles. The van der Waals surface area contributed by atoms with Gasteiger partial charge in [0.15, 0.2) is 11.5 Å². The SMILES string of the molecule is COc1cc2c(cc1OC)[C@@H]1C[C@@]3(CCN1CC2)NC(=O)N(c1cccc(Cl)c1)C3=N. The molecule has 2 atom stereocenters. The number of urea groups is 1. The maximum atomic E-state index is 12.9. The Morgan fingerprint density at radius 3 is 2.68 bits per heavy atom. The van der Waals surface area contributed by atoms with Crippen molar-refractivity contribution >= 4 is 29.2 Å². The van der Waals surface area contributed by atoms with E-state index >= 15 is 0 Å². The maximum absolute atomic E-state index is 12.9. The Balaban J connectivity index is 1.50. The molecule has 3 aliphatic heterocycles. The zero-order valence-electron chi connectivity index (χ0n) is 17.6. The molecule has 0 bridgehead atoms. The third-order valence-corrected chi connectivity index (χ3v) is 7.01. The highest BCUT2D eigenvalue weighted by Gasteiger charge is 2.53. The molecule has 2 aromatic carbocycles. The molecular formula is C23H25ClN4O3. The molecule has 1 spiro atoms. The number of carbonyl (C=O) groups excluding carboxylic acids is 1. The molecule has 0 aromatic heterocycles. The van der Waals surface area contributed by atoms with Crippen molar-refractivity contribution in [1.82, 2.24) is 10.2 Å².